The summed E-state index contributed by atoms with van der Waals surface area (Å²) in [6, 6.07) is 0. The van der Waals surface area contributed by atoms with Crippen molar-refractivity contribution in [3.05, 3.63) is 27.0 Å². The minimum Gasteiger partial charge on any atom is -0.379 e. The molecule has 0 atom stereocenters. The number of rotatable bonds is 6. The largest absolute Gasteiger partial charge is 0.379 e. The van der Waals surface area contributed by atoms with Gasteiger partial charge in [-0.15, -0.1) is 0 Å². The highest BCUT2D eigenvalue weighted by Gasteiger charge is 2.07. The molecule has 7 nitrogen and oxygen atoms in total. The van der Waals surface area contributed by atoms with Crippen LogP contribution in [0.2, 0.25) is 0 Å². The van der Waals surface area contributed by atoms with E-state index < -0.39 is 17.9 Å². The van der Waals surface area contributed by atoms with Crippen LogP contribution in [0.25, 0.3) is 11.0 Å². The number of nitrogens with one attached hydrogen (secondary N) is 2. The van der Waals surface area contributed by atoms with Crippen LogP contribution in [0.5, 0.6) is 0 Å². The van der Waals surface area contributed by atoms with Crippen LogP contribution in [0.3, 0.4) is 0 Å². The predicted molar refractivity (Wildman–Crippen MR) is 62.4 cm³/mol. The van der Waals surface area contributed by atoms with Gasteiger partial charge < -0.3 is 9.72 Å². The molecule has 0 aliphatic rings. The molecule has 0 fully saturated rings. The summed E-state index contributed by atoms with van der Waals surface area (Å²) in [5.74, 6) is 0. The van der Waals surface area contributed by atoms with E-state index in [-0.39, 0.29) is 0 Å². The maximum Gasteiger partial charge on any atom is 0.326 e. The molecular weight excluding hydrogens is 243 g/mol. The van der Waals surface area contributed by atoms with E-state index in [0.29, 0.717) is 37.2 Å². The SMILES string of the molecule is O=c1[nH]c(=O)c2c(cnn2CCOCCCF)[nH]1. The topological polar surface area (TPSA) is 92.8 Å². The van der Waals surface area contributed by atoms with E-state index in [4.69, 9.17) is 4.74 Å². The van der Waals surface area contributed by atoms with Crippen molar-refractivity contribution in [2.24, 2.45) is 0 Å². The van der Waals surface area contributed by atoms with Gasteiger partial charge in [0.1, 0.15) is 5.52 Å². The Labute approximate surface area is 101 Å². The van der Waals surface area contributed by atoms with Gasteiger partial charge in [0.15, 0.2) is 0 Å². The zero-order valence-electron chi connectivity index (χ0n) is 9.61. The fourth-order valence-electron chi connectivity index (χ4n) is 1.61. The number of hydrogen-bond acceptors (Lipinski definition) is 4. The highest BCUT2D eigenvalue weighted by molar-refractivity contribution is 5.72. The van der Waals surface area contributed by atoms with Crippen molar-refractivity contribution in [3.63, 3.8) is 0 Å². The van der Waals surface area contributed by atoms with Gasteiger partial charge in [0.2, 0.25) is 0 Å². The lowest BCUT2D eigenvalue weighted by atomic mass is 10.4. The van der Waals surface area contributed by atoms with E-state index in [0.717, 1.165) is 0 Å². The Balaban J connectivity index is 2.10. The molecular formula is C10H13FN4O3. The Bertz CT molecular complexity index is 630. The lowest BCUT2D eigenvalue weighted by Gasteiger charge is -2.03. The first kappa shape index (κ1) is 12.5. The Morgan fingerprint density at radius 3 is 2.94 bits per heavy atom. The number of H-pyrrole nitrogens is 2. The minimum atomic E-state index is -0.564. The Hall–Kier alpha value is -1.96. The van der Waals surface area contributed by atoms with Gasteiger partial charge in [-0.1, -0.05) is 0 Å². The number of halogens is 1. The first-order chi connectivity index (χ1) is 8.72. The smallest absolute Gasteiger partial charge is 0.326 e. The number of ether oxygens (including phenoxy) is 1. The summed E-state index contributed by atoms with van der Waals surface area (Å²) in [4.78, 5) is 27.2. The van der Waals surface area contributed by atoms with Crippen LogP contribution in [0.15, 0.2) is 15.8 Å². The number of fused-ring (bicyclic) bond motifs is 1. The van der Waals surface area contributed by atoms with Gasteiger partial charge in [-0.2, -0.15) is 5.10 Å². The predicted octanol–water partition coefficient (Wildman–Crippen LogP) is -0.211. The molecule has 8 heteroatoms. The fraction of sp³-hybridized carbons (Fsp3) is 0.500. The van der Waals surface area contributed by atoms with Gasteiger partial charge in [-0.3, -0.25) is 18.9 Å². The summed E-state index contributed by atoms with van der Waals surface area (Å²) in [6.07, 6.45) is 1.77. The standard InChI is InChI=1S/C10H13FN4O3/c11-2-1-4-18-5-3-15-8-7(6-12-15)13-10(17)14-9(8)16/h6H,1-5H2,(H2,13,14,16,17). The highest BCUT2D eigenvalue weighted by Crippen LogP contribution is 2.02. The van der Waals surface area contributed by atoms with Crippen molar-refractivity contribution >= 4 is 11.0 Å². The van der Waals surface area contributed by atoms with Crippen LogP contribution in [0.1, 0.15) is 6.42 Å². The zero-order chi connectivity index (χ0) is 13.0. The monoisotopic (exact) mass is 256 g/mol. The van der Waals surface area contributed by atoms with E-state index in [1.807, 2.05) is 0 Å². The van der Waals surface area contributed by atoms with E-state index in [1.165, 1.54) is 10.9 Å². The third-order valence-electron chi connectivity index (χ3n) is 2.40. The molecule has 2 N–H and O–H groups in total. The molecule has 0 amide bonds. The number of nitrogens with zero attached hydrogens (tertiary/aromatic N) is 2. The lowest BCUT2D eigenvalue weighted by Crippen LogP contribution is -2.23. The molecule has 2 heterocycles. The third-order valence-corrected chi connectivity index (χ3v) is 2.40. The van der Waals surface area contributed by atoms with Crippen molar-refractivity contribution in [3.8, 4) is 0 Å². The summed E-state index contributed by atoms with van der Waals surface area (Å²) in [7, 11) is 0. The molecule has 0 unspecified atom stereocenters. The van der Waals surface area contributed by atoms with Gasteiger partial charge >= 0.3 is 5.69 Å². The molecule has 0 aliphatic heterocycles. The number of hydrogen-bond donors (Lipinski definition) is 2. The summed E-state index contributed by atoms with van der Waals surface area (Å²) >= 11 is 0. The van der Waals surface area contributed by atoms with Crippen molar-refractivity contribution in [1.29, 1.82) is 0 Å². The highest BCUT2D eigenvalue weighted by atomic mass is 19.1. The van der Waals surface area contributed by atoms with Gasteiger partial charge in [-0.05, 0) is 6.42 Å². The van der Waals surface area contributed by atoms with Crippen LogP contribution in [-0.2, 0) is 11.3 Å². The van der Waals surface area contributed by atoms with Crippen molar-refractivity contribution in [2.75, 3.05) is 19.9 Å². The molecule has 2 aromatic heterocycles. The first-order valence-corrected chi connectivity index (χ1v) is 5.54. The minimum absolute atomic E-state index is 0.295. The molecule has 0 spiro atoms. The number of aromatic nitrogens is 4. The third kappa shape index (κ3) is 2.65. The summed E-state index contributed by atoms with van der Waals surface area (Å²) in [6.45, 7) is 0.620. The maximum atomic E-state index is 11.8. The molecule has 18 heavy (non-hydrogen) atoms. The quantitative estimate of drug-likeness (QED) is 0.699. The molecule has 98 valence electrons. The van der Waals surface area contributed by atoms with Crippen LogP contribution in [0, 0.1) is 0 Å². The number of alkyl halides is 1. The van der Waals surface area contributed by atoms with Crippen molar-refractivity contribution in [1.82, 2.24) is 19.7 Å². The second-order valence-corrected chi connectivity index (χ2v) is 3.69. The number of aromatic amines is 2. The van der Waals surface area contributed by atoms with Gasteiger partial charge in [-0.25, -0.2) is 4.79 Å². The first-order valence-electron chi connectivity index (χ1n) is 5.54. The average Bonchev–Trinajstić information content (AvgIpc) is 2.72. The molecule has 0 saturated heterocycles. The fourth-order valence-corrected chi connectivity index (χ4v) is 1.61. The van der Waals surface area contributed by atoms with Crippen LogP contribution < -0.4 is 11.2 Å². The lowest BCUT2D eigenvalue weighted by molar-refractivity contribution is 0.117. The van der Waals surface area contributed by atoms with Gasteiger partial charge in [0, 0.05) is 6.61 Å². The molecule has 2 aromatic rings. The van der Waals surface area contributed by atoms with Crippen LogP contribution >= 0.6 is 0 Å². The Morgan fingerprint density at radius 2 is 2.17 bits per heavy atom. The molecule has 0 saturated carbocycles. The van der Waals surface area contributed by atoms with E-state index in [2.05, 4.69) is 15.1 Å². The maximum absolute atomic E-state index is 11.8. The normalized spacial score (nSPS) is 11.2. The van der Waals surface area contributed by atoms with Crippen molar-refractivity contribution in [2.45, 2.75) is 13.0 Å². The van der Waals surface area contributed by atoms with Crippen LogP contribution in [0.4, 0.5) is 4.39 Å². The molecule has 0 bridgehead atoms. The Kier molecular flexibility index (Phi) is 3.88. The summed E-state index contributed by atoms with van der Waals surface area (Å²) in [5.41, 5.74) is -0.377. The molecule has 0 aliphatic carbocycles. The Morgan fingerprint density at radius 1 is 1.33 bits per heavy atom. The average molecular weight is 256 g/mol. The van der Waals surface area contributed by atoms with E-state index in [9.17, 15) is 14.0 Å². The van der Waals surface area contributed by atoms with Gasteiger partial charge in [0.05, 0.1) is 31.5 Å². The second kappa shape index (κ2) is 5.58. The van der Waals surface area contributed by atoms with E-state index >= 15 is 0 Å². The molecule has 0 aromatic carbocycles. The molecule has 0 radical (unpaired) electrons. The summed E-state index contributed by atoms with van der Waals surface area (Å²) in [5, 5.41) is 3.99. The second-order valence-electron chi connectivity index (χ2n) is 3.69. The van der Waals surface area contributed by atoms with Crippen molar-refractivity contribution < 1.29 is 9.13 Å². The van der Waals surface area contributed by atoms with E-state index in [1.54, 1.807) is 0 Å². The molecule has 2 rings (SSSR count). The summed E-state index contributed by atoms with van der Waals surface area (Å²) < 4.78 is 18.4. The zero-order valence-corrected chi connectivity index (χ0v) is 9.61. The van der Waals surface area contributed by atoms with Crippen LogP contribution in [-0.4, -0.2) is 39.6 Å². The van der Waals surface area contributed by atoms with Gasteiger partial charge in [0.25, 0.3) is 5.56 Å².